The highest BCUT2D eigenvalue weighted by Crippen LogP contribution is 2.42. The number of carbonyl (C=O) groups is 2. The normalized spacial score (nSPS) is 16.7. The second-order valence-corrected chi connectivity index (χ2v) is 8.90. The van der Waals surface area contributed by atoms with E-state index in [1.807, 2.05) is 6.92 Å². The number of ketones is 1. The van der Waals surface area contributed by atoms with Crippen molar-refractivity contribution in [3.63, 3.8) is 0 Å². The lowest BCUT2D eigenvalue weighted by Crippen LogP contribution is -2.29. The molecule has 0 saturated carbocycles. The second-order valence-electron chi connectivity index (χ2n) is 8.90. The summed E-state index contributed by atoms with van der Waals surface area (Å²) in [5.74, 6) is -1.01. The maximum absolute atomic E-state index is 13.3. The molecule has 0 spiro atoms. The average Bonchev–Trinajstić information content (AvgIpc) is 3.15. The van der Waals surface area contributed by atoms with Gasteiger partial charge in [-0.05, 0) is 66.4 Å². The molecule has 8 nitrogen and oxygen atoms in total. The molecule has 1 atom stereocenters. The molecule has 2 aromatic carbocycles. The van der Waals surface area contributed by atoms with Gasteiger partial charge in [-0.15, -0.1) is 0 Å². The lowest BCUT2D eigenvalue weighted by molar-refractivity contribution is -0.140. The molecule has 1 saturated heterocycles. The fourth-order valence-electron chi connectivity index (χ4n) is 4.38. The molecular formula is C29H30N2O6. The van der Waals surface area contributed by atoms with E-state index >= 15 is 0 Å². The standard InChI is InChI=1S/C29H30N2O6/c1-4-5-13-37-23-11-9-21(14-18(23)2)27(33)25-26(20-8-10-22(32)24(15-20)36-3)31(29(35)28(25)34)17-19-7-6-12-30-16-19/h6-12,14-16,26,32-33H,4-5,13,17H2,1-3H3. The van der Waals surface area contributed by atoms with E-state index in [1.165, 1.54) is 18.1 Å². The number of unbranched alkanes of at least 4 members (excludes halogenated alkanes) is 1. The molecule has 8 heteroatoms. The van der Waals surface area contributed by atoms with Crippen LogP contribution in [0.25, 0.3) is 5.76 Å². The number of methoxy groups -OCH3 is 1. The summed E-state index contributed by atoms with van der Waals surface area (Å²) in [6.07, 6.45) is 5.18. The van der Waals surface area contributed by atoms with Crippen LogP contribution in [-0.2, 0) is 16.1 Å². The molecule has 4 rings (SSSR count). The molecule has 1 unspecified atom stereocenters. The maximum atomic E-state index is 13.3. The van der Waals surface area contributed by atoms with Crippen molar-refractivity contribution in [2.75, 3.05) is 13.7 Å². The second kappa shape index (κ2) is 11.2. The zero-order valence-corrected chi connectivity index (χ0v) is 21.1. The molecule has 2 heterocycles. The van der Waals surface area contributed by atoms with Gasteiger partial charge in [0.1, 0.15) is 11.5 Å². The number of aromatic nitrogens is 1. The number of likely N-dealkylation sites (tertiary alicyclic amines) is 1. The van der Waals surface area contributed by atoms with E-state index in [0.29, 0.717) is 23.5 Å². The molecule has 1 aromatic heterocycles. The summed E-state index contributed by atoms with van der Waals surface area (Å²) in [4.78, 5) is 32.1. The summed E-state index contributed by atoms with van der Waals surface area (Å²) in [5.41, 5.74) is 2.39. The Morgan fingerprint density at radius 1 is 1.11 bits per heavy atom. The predicted octanol–water partition coefficient (Wildman–Crippen LogP) is 4.91. The molecule has 1 aliphatic rings. The number of aliphatic hydroxyl groups is 1. The summed E-state index contributed by atoms with van der Waals surface area (Å²) in [6, 6.07) is 12.4. The number of aryl methyl sites for hydroxylation is 1. The van der Waals surface area contributed by atoms with E-state index in [4.69, 9.17) is 9.47 Å². The molecule has 1 amide bonds. The zero-order chi connectivity index (χ0) is 26.5. The number of carbonyl (C=O) groups excluding carboxylic acids is 2. The van der Waals surface area contributed by atoms with Crippen molar-refractivity contribution in [2.45, 2.75) is 39.3 Å². The van der Waals surface area contributed by atoms with Gasteiger partial charge in [0.05, 0.1) is 25.3 Å². The Morgan fingerprint density at radius 3 is 2.59 bits per heavy atom. The van der Waals surface area contributed by atoms with Crippen LogP contribution < -0.4 is 9.47 Å². The minimum atomic E-state index is -0.907. The Balaban J connectivity index is 1.81. The Kier molecular flexibility index (Phi) is 7.77. The molecule has 0 bridgehead atoms. The number of phenols is 1. The van der Waals surface area contributed by atoms with Crippen LogP contribution in [-0.4, -0.2) is 45.5 Å². The van der Waals surface area contributed by atoms with E-state index in [9.17, 15) is 19.8 Å². The summed E-state index contributed by atoms with van der Waals surface area (Å²) in [5, 5.41) is 21.5. The zero-order valence-electron chi connectivity index (χ0n) is 21.1. The fraction of sp³-hybridized carbons (Fsp3) is 0.276. The van der Waals surface area contributed by atoms with Crippen LogP contribution in [0.4, 0.5) is 0 Å². The third-order valence-electron chi connectivity index (χ3n) is 6.34. The SMILES string of the molecule is CCCCOc1ccc(C(O)=C2C(=O)C(=O)N(Cc3cccnc3)C2c2ccc(O)c(OC)c2)cc1C. The van der Waals surface area contributed by atoms with Crippen LogP contribution in [0.15, 0.2) is 66.5 Å². The number of hydrogen-bond acceptors (Lipinski definition) is 7. The molecule has 192 valence electrons. The summed E-state index contributed by atoms with van der Waals surface area (Å²) < 4.78 is 11.1. The third kappa shape index (κ3) is 5.28. The number of hydrogen-bond donors (Lipinski definition) is 2. The van der Waals surface area contributed by atoms with Gasteiger partial charge in [-0.2, -0.15) is 0 Å². The number of amides is 1. The number of rotatable bonds is 9. The monoisotopic (exact) mass is 502 g/mol. The number of aliphatic hydroxyl groups excluding tert-OH is 1. The van der Waals surface area contributed by atoms with Gasteiger partial charge in [0.25, 0.3) is 11.7 Å². The number of phenolic OH excluding ortho intramolecular Hbond substituents is 1. The first-order valence-corrected chi connectivity index (χ1v) is 12.1. The van der Waals surface area contributed by atoms with Crippen molar-refractivity contribution < 1.29 is 29.3 Å². The van der Waals surface area contributed by atoms with Crippen molar-refractivity contribution in [3.05, 3.63) is 88.8 Å². The highest BCUT2D eigenvalue weighted by atomic mass is 16.5. The van der Waals surface area contributed by atoms with E-state index < -0.39 is 17.7 Å². The van der Waals surface area contributed by atoms with Crippen molar-refractivity contribution in [1.82, 2.24) is 9.88 Å². The minimum Gasteiger partial charge on any atom is -0.507 e. The molecule has 1 fully saturated rings. The first kappa shape index (κ1) is 25.8. The van der Waals surface area contributed by atoms with E-state index in [-0.39, 0.29) is 29.4 Å². The highest BCUT2D eigenvalue weighted by molar-refractivity contribution is 6.46. The number of ether oxygens (including phenoxy) is 2. The number of Topliss-reactive ketones (excluding diaryl/α,β-unsaturated/α-hetero) is 1. The first-order valence-electron chi connectivity index (χ1n) is 12.1. The fourth-order valence-corrected chi connectivity index (χ4v) is 4.38. The summed E-state index contributed by atoms with van der Waals surface area (Å²) in [7, 11) is 1.42. The van der Waals surface area contributed by atoms with E-state index in [0.717, 1.165) is 24.0 Å². The quantitative estimate of drug-likeness (QED) is 0.185. The Bertz CT molecular complexity index is 1340. The smallest absolute Gasteiger partial charge is 0.295 e. The molecule has 0 radical (unpaired) electrons. The first-order chi connectivity index (χ1) is 17.8. The van der Waals surface area contributed by atoms with Crippen LogP contribution in [0, 0.1) is 6.92 Å². The number of pyridine rings is 1. The molecule has 0 aliphatic carbocycles. The summed E-state index contributed by atoms with van der Waals surface area (Å²) in [6.45, 7) is 4.64. The predicted molar refractivity (Wildman–Crippen MR) is 138 cm³/mol. The van der Waals surface area contributed by atoms with Crippen LogP contribution >= 0.6 is 0 Å². The number of aromatic hydroxyl groups is 1. The minimum absolute atomic E-state index is 0.0410. The van der Waals surface area contributed by atoms with E-state index in [1.54, 1.807) is 54.9 Å². The Morgan fingerprint density at radius 2 is 1.92 bits per heavy atom. The molecule has 37 heavy (non-hydrogen) atoms. The maximum Gasteiger partial charge on any atom is 0.295 e. The largest absolute Gasteiger partial charge is 0.507 e. The highest BCUT2D eigenvalue weighted by Gasteiger charge is 2.46. The van der Waals surface area contributed by atoms with Crippen LogP contribution in [0.1, 0.15) is 48.1 Å². The van der Waals surface area contributed by atoms with Crippen LogP contribution in [0.5, 0.6) is 17.2 Å². The van der Waals surface area contributed by atoms with Gasteiger partial charge in [0.15, 0.2) is 11.5 Å². The van der Waals surface area contributed by atoms with Gasteiger partial charge in [-0.1, -0.05) is 25.5 Å². The van der Waals surface area contributed by atoms with Crippen LogP contribution in [0.2, 0.25) is 0 Å². The van der Waals surface area contributed by atoms with Gasteiger partial charge < -0.3 is 24.6 Å². The number of benzene rings is 2. The van der Waals surface area contributed by atoms with Gasteiger partial charge in [-0.25, -0.2) is 0 Å². The molecule has 2 N–H and O–H groups in total. The Hall–Kier alpha value is -4.33. The van der Waals surface area contributed by atoms with Crippen molar-refractivity contribution in [3.8, 4) is 17.2 Å². The number of nitrogens with zero attached hydrogens (tertiary/aromatic N) is 2. The molecule has 1 aliphatic heterocycles. The van der Waals surface area contributed by atoms with Gasteiger partial charge in [0, 0.05) is 24.5 Å². The summed E-state index contributed by atoms with van der Waals surface area (Å²) >= 11 is 0. The lowest BCUT2D eigenvalue weighted by atomic mass is 9.94. The molecular weight excluding hydrogens is 472 g/mol. The van der Waals surface area contributed by atoms with Crippen LogP contribution in [0.3, 0.4) is 0 Å². The average molecular weight is 503 g/mol. The topological polar surface area (TPSA) is 109 Å². The van der Waals surface area contributed by atoms with Crippen molar-refractivity contribution in [1.29, 1.82) is 0 Å². The lowest BCUT2D eigenvalue weighted by Gasteiger charge is -2.26. The van der Waals surface area contributed by atoms with E-state index in [2.05, 4.69) is 11.9 Å². The van der Waals surface area contributed by atoms with Gasteiger partial charge in [0.2, 0.25) is 0 Å². The van der Waals surface area contributed by atoms with Crippen molar-refractivity contribution in [2.24, 2.45) is 0 Å². The third-order valence-corrected chi connectivity index (χ3v) is 6.34. The van der Waals surface area contributed by atoms with Gasteiger partial charge in [-0.3, -0.25) is 14.6 Å². The van der Waals surface area contributed by atoms with Gasteiger partial charge >= 0.3 is 0 Å². The van der Waals surface area contributed by atoms with Crippen molar-refractivity contribution >= 4 is 17.4 Å². The molecule has 3 aromatic rings. The Labute approximate surface area is 215 Å².